The molecular formula is C57H42N6. The Balaban J connectivity index is 1.15. The summed E-state index contributed by atoms with van der Waals surface area (Å²) in [5, 5.41) is 39.8. The van der Waals surface area contributed by atoms with E-state index in [9.17, 15) is 15.8 Å². The Morgan fingerprint density at radius 1 is 0.349 bits per heavy atom. The van der Waals surface area contributed by atoms with E-state index in [1.54, 1.807) is 0 Å². The number of nitrogens with zero attached hydrogens (tertiary/aromatic N) is 6. The summed E-state index contributed by atoms with van der Waals surface area (Å²) in [7, 11) is 0. The molecule has 0 spiro atoms. The molecule has 10 aromatic rings. The van der Waals surface area contributed by atoms with Gasteiger partial charge in [0.15, 0.2) is 0 Å². The molecule has 3 heterocycles. The number of benzene rings is 7. The normalized spacial score (nSPS) is 12.0. The van der Waals surface area contributed by atoms with Crippen LogP contribution in [0.1, 0.15) is 70.8 Å². The molecule has 0 amide bonds. The summed E-state index contributed by atoms with van der Waals surface area (Å²) < 4.78 is 6.95. The van der Waals surface area contributed by atoms with E-state index in [2.05, 4.69) is 180 Å². The van der Waals surface area contributed by atoms with Gasteiger partial charge in [-0.05, 0) is 92.1 Å². The lowest BCUT2D eigenvalue weighted by atomic mass is 9.86. The van der Waals surface area contributed by atoms with Gasteiger partial charge in [-0.25, -0.2) is 0 Å². The van der Waals surface area contributed by atoms with Gasteiger partial charge >= 0.3 is 0 Å². The number of hydrogen-bond donors (Lipinski definition) is 0. The Hall–Kier alpha value is -8.37. The molecule has 0 radical (unpaired) electrons. The van der Waals surface area contributed by atoms with Crippen LogP contribution in [0.15, 0.2) is 127 Å². The second kappa shape index (κ2) is 15.9. The Kier molecular flexibility index (Phi) is 9.80. The van der Waals surface area contributed by atoms with Crippen molar-refractivity contribution in [2.45, 2.75) is 40.4 Å². The van der Waals surface area contributed by atoms with E-state index in [0.717, 1.165) is 69.0 Å². The minimum Gasteiger partial charge on any atom is -0.341 e. The van der Waals surface area contributed by atoms with Crippen LogP contribution in [0.25, 0.3) is 102 Å². The molecule has 0 unspecified atom stereocenters. The molecule has 0 saturated carbocycles. The van der Waals surface area contributed by atoms with Gasteiger partial charge in [0, 0.05) is 102 Å². The van der Waals surface area contributed by atoms with Gasteiger partial charge in [0.05, 0.1) is 16.7 Å². The highest BCUT2D eigenvalue weighted by Crippen LogP contribution is 2.36. The molecule has 7 aromatic carbocycles. The number of aryl methyl sites for hydroxylation is 3. The van der Waals surface area contributed by atoms with E-state index in [-0.39, 0.29) is 16.7 Å². The molecule has 6 nitrogen and oxygen atoms in total. The Labute approximate surface area is 366 Å². The van der Waals surface area contributed by atoms with Gasteiger partial charge in [-0.3, -0.25) is 0 Å². The van der Waals surface area contributed by atoms with E-state index in [4.69, 9.17) is 0 Å². The molecule has 300 valence electrons. The summed E-state index contributed by atoms with van der Waals surface area (Å²) in [6.07, 6.45) is 11.5. The van der Waals surface area contributed by atoms with Crippen LogP contribution in [0.5, 0.6) is 0 Å². The first-order chi connectivity index (χ1) is 31.0. The first-order valence-electron chi connectivity index (χ1n) is 21.5. The molecule has 0 saturated heterocycles. The zero-order valence-corrected chi connectivity index (χ0v) is 35.4. The number of para-hydroxylation sites is 3. The van der Waals surface area contributed by atoms with Crippen molar-refractivity contribution in [2.75, 3.05) is 0 Å². The van der Waals surface area contributed by atoms with Gasteiger partial charge in [0.2, 0.25) is 0 Å². The highest BCUT2D eigenvalue weighted by atomic mass is 15.0. The largest absolute Gasteiger partial charge is 0.341 e. The van der Waals surface area contributed by atoms with E-state index >= 15 is 0 Å². The van der Waals surface area contributed by atoms with Crippen molar-refractivity contribution >= 4 is 102 Å². The number of fused-ring (bicyclic) bond motifs is 9. The van der Waals surface area contributed by atoms with Crippen molar-refractivity contribution < 1.29 is 0 Å². The number of nitriles is 3. The van der Waals surface area contributed by atoms with Crippen LogP contribution in [0, 0.1) is 34.0 Å². The second-order valence-electron chi connectivity index (χ2n) is 15.8. The van der Waals surface area contributed by atoms with Crippen LogP contribution < -0.4 is 0 Å². The molecule has 0 atom stereocenters. The summed E-state index contributed by atoms with van der Waals surface area (Å²) >= 11 is 0. The van der Waals surface area contributed by atoms with E-state index in [0.29, 0.717) is 16.7 Å². The molecule has 0 N–H and O–H groups in total. The second-order valence-corrected chi connectivity index (χ2v) is 15.8. The molecule has 10 rings (SSSR count). The third kappa shape index (κ3) is 6.30. The van der Waals surface area contributed by atoms with Gasteiger partial charge in [-0.15, -0.1) is 0 Å². The molecule has 0 bridgehead atoms. The molecule has 0 aliphatic rings. The summed E-state index contributed by atoms with van der Waals surface area (Å²) in [6.45, 7) is 9.01. The van der Waals surface area contributed by atoms with Crippen LogP contribution in [-0.4, -0.2) is 13.7 Å². The summed E-state index contributed by atoms with van der Waals surface area (Å²) in [5.74, 6) is 0. The Bertz CT molecular complexity index is 3320. The fourth-order valence-corrected chi connectivity index (χ4v) is 9.76. The van der Waals surface area contributed by atoms with Crippen molar-refractivity contribution in [1.82, 2.24) is 13.7 Å². The average molecular weight is 811 g/mol. The molecular weight excluding hydrogens is 769 g/mol. The van der Waals surface area contributed by atoms with Gasteiger partial charge < -0.3 is 13.7 Å². The molecule has 63 heavy (non-hydrogen) atoms. The monoisotopic (exact) mass is 810 g/mol. The van der Waals surface area contributed by atoms with E-state index < -0.39 is 0 Å². The summed E-state index contributed by atoms with van der Waals surface area (Å²) in [4.78, 5) is 0. The molecule has 3 aromatic heterocycles. The fourth-order valence-electron chi connectivity index (χ4n) is 9.76. The Morgan fingerprint density at radius 2 is 0.619 bits per heavy atom. The molecule has 6 heteroatoms. The molecule has 0 aliphatic carbocycles. The van der Waals surface area contributed by atoms with Crippen LogP contribution in [-0.2, 0) is 19.6 Å². The number of hydrogen-bond acceptors (Lipinski definition) is 3. The molecule has 0 fully saturated rings. The minimum absolute atomic E-state index is 0.272. The lowest BCUT2D eigenvalue weighted by Crippen LogP contribution is -2.02. The van der Waals surface area contributed by atoms with E-state index in [1.807, 2.05) is 36.5 Å². The summed E-state index contributed by atoms with van der Waals surface area (Å²) in [5.41, 5.74) is 12.0. The van der Waals surface area contributed by atoms with Gasteiger partial charge in [0.25, 0.3) is 0 Å². The highest BCUT2D eigenvalue weighted by molar-refractivity contribution is 6.11. The van der Waals surface area contributed by atoms with Gasteiger partial charge in [0.1, 0.15) is 18.2 Å². The van der Waals surface area contributed by atoms with Crippen LogP contribution in [0.3, 0.4) is 0 Å². The van der Waals surface area contributed by atoms with Crippen LogP contribution in [0.4, 0.5) is 0 Å². The third-order valence-electron chi connectivity index (χ3n) is 12.6. The maximum absolute atomic E-state index is 11.0. The maximum Gasteiger partial charge on any atom is 0.100 e. The van der Waals surface area contributed by atoms with Crippen LogP contribution in [0.2, 0.25) is 0 Å². The van der Waals surface area contributed by atoms with E-state index in [1.165, 1.54) is 32.7 Å². The van der Waals surface area contributed by atoms with Gasteiger partial charge in [-0.2, -0.15) is 15.8 Å². The first-order valence-corrected chi connectivity index (χ1v) is 21.5. The zero-order valence-electron chi connectivity index (χ0n) is 35.4. The van der Waals surface area contributed by atoms with Crippen LogP contribution >= 0.6 is 0 Å². The molecule has 0 aliphatic heterocycles. The smallest absolute Gasteiger partial charge is 0.100 e. The van der Waals surface area contributed by atoms with Crippen molar-refractivity contribution in [3.63, 3.8) is 0 Å². The van der Waals surface area contributed by atoms with Gasteiger partial charge in [-0.1, -0.05) is 109 Å². The maximum atomic E-state index is 11.0. The number of rotatable bonds is 9. The van der Waals surface area contributed by atoms with Crippen molar-refractivity contribution in [1.29, 1.82) is 15.8 Å². The number of aromatic nitrogens is 3. The van der Waals surface area contributed by atoms with Crippen molar-refractivity contribution in [3.05, 3.63) is 177 Å². The van der Waals surface area contributed by atoms with Crippen molar-refractivity contribution in [2.24, 2.45) is 0 Å². The topological polar surface area (TPSA) is 86.2 Å². The zero-order chi connectivity index (χ0) is 43.2. The van der Waals surface area contributed by atoms with Crippen molar-refractivity contribution in [3.8, 4) is 18.2 Å². The lowest BCUT2D eigenvalue weighted by Gasteiger charge is -2.13. The highest BCUT2D eigenvalue weighted by Gasteiger charge is 2.21. The minimum atomic E-state index is 0.272. The quantitative estimate of drug-likeness (QED) is 0.136. The fraction of sp³-hybridized carbons (Fsp3) is 0.105. The predicted molar refractivity (Wildman–Crippen MR) is 263 cm³/mol. The third-order valence-corrected chi connectivity index (χ3v) is 12.6. The lowest BCUT2D eigenvalue weighted by molar-refractivity contribution is 0.827. The summed E-state index contributed by atoms with van der Waals surface area (Å²) in [6, 6.07) is 51.7. The Morgan fingerprint density at radius 3 is 0.889 bits per heavy atom. The standard InChI is InChI=1S/C57H42N6/c1-4-61-52-16-10-7-13-43(52)46-31-37(22-28-55(46)61)19-25-40-49(34-58)41(26-20-38-23-29-56-47(32-38)44-14-8-11-17-53(44)62(56)5-2)51(36-60)42(50(40)35-59)27-21-39-24-30-57-48(33-39)45-15-9-12-18-54(45)63(57)6-3/h7-33H,4-6H2,1-3H3/b25-19+,26-20+,27-21+. The average Bonchev–Trinajstić information content (AvgIpc) is 3.95. The SMILES string of the molecule is CCn1c2ccccc2c2cc(/C=C/c3c(C#N)c(/C=C/c4ccc5c(c4)c4ccccc4n5CC)c(C#N)c(/C=C/c4ccc5c(c4)c4ccccc4n5CC)c3C#N)ccc21. The predicted octanol–water partition coefficient (Wildman–Crippen LogP) is 14.2. The first kappa shape index (κ1) is 38.8.